The molecule has 0 radical (unpaired) electrons. The summed E-state index contributed by atoms with van der Waals surface area (Å²) in [6.45, 7) is 0. The van der Waals surface area contributed by atoms with E-state index < -0.39 is 10.0 Å². The van der Waals surface area contributed by atoms with E-state index in [-0.39, 0.29) is 4.90 Å². The third-order valence-electron chi connectivity index (χ3n) is 2.12. The Kier molecular flexibility index (Phi) is 2.15. The first-order valence-corrected chi connectivity index (χ1v) is 5.59. The molecular weight excluding hydrogens is 218 g/mol. The zero-order chi connectivity index (χ0) is 11.1. The maximum absolute atomic E-state index is 11.4. The summed E-state index contributed by atoms with van der Waals surface area (Å²) in [6, 6.07) is 3.00. The fourth-order valence-corrected chi connectivity index (χ4v) is 2.41. The molecule has 0 atom stereocenters. The topological polar surface area (TPSA) is 65.0 Å². The van der Waals surface area contributed by atoms with Crippen molar-refractivity contribution in [2.24, 2.45) is 4.40 Å². The van der Waals surface area contributed by atoms with E-state index in [9.17, 15) is 8.42 Å². The van der Waals surface area contributed by atoms with Crippen molar-refractivity contribution in [2.45, 2.75) is 4.90 Å². The van der Waals surface area contributed by atoms with Crippen LogP contribution < -0.4 is 9.47 Å². The number of hydrogen-bond acceptors (Lipinski definition) is 4. The number of nitrogens with zero attached hydrogens (tertiary/aromatic N) is 1. The molecule has 0 saturated heterocycles. The lowest BCUT2D eigenvalue weighted by Crippen LogP contribution is -1.97. The molecule has 1 aliphatic rings. The minimum absolute atomic E-state index is 0.153. The standard InChI is InChI=1S/C9H9NO4S/c1-13-7-3-6-5-10-15(11,12)9(6)4-8(7)14-2/h3-5H,1-2H3. The van der Waals surface area contributed by atoms with Gasteiger partial charge in [0.05, 0.1) is 14.2 Å². The van der Waals surface area contributed by atoms with E-state index >= 15 is 0 Å². The van der Waals surface area contributed by atoms with Crippen molar-refractivity contribution in [3.63, 3.8) is 0 Å². The third-order valence-corrected chi connectivity index (χ3v) is 3.42. The van der Waals surface area contributed by atoms with Gasteiger partial charge < -0.3 is 9.47 Å². The summed E-state index contributed by atoms with van der Waals surface area (Å²) in [5, 5.41) is 0. The molecule has 5 nitrogen and oxygen atoms in total. The second kappa shape index (κ2) is 3.23. The lowest BCUT2D eigenvalue weighted by molar-refractivity contribution is 0.354. The number of fused-ring (bicyclic) bond motifs is 1. The highest BCUT2D eigenvalue weighted by Crippen LogP contribution is 2.34. The molecule has 2 rings (SSSR count). The molecule has 1 aliphatic heterocycles. The highest BCUT2D eigenvalue weighted by atomic mass is 32.2. The molecule has 6 heteroatoms. The lowest BCUT2D eigenvalue weighted by Gasteiger charge is -2.08. The van der Waals surface area contributed by atoms with E-state index in [2.05, 4.69) is 4.40 Å². The van der Waals surface area contributed by atoms with Crippen molar-refractivity contribution in [3.05, 3.63) is 17.7 Å². The fraction of sp³-hybridized carbons (Fsp3) is 0.222. The third kappa shape index (κ3) is 1.46. The number of benzene rings is 1. The van der Waals surface area contributed by atoms with Gasteiger partial charge in [0.25, 0.3) is 10.0 Å². The first-order chi connectivity index (χ1) is 7.08. The Morgan fingerprint density at radius 3 is 2.33 bits per heavy atom. The van der Waals surface area contributed by atoms with Crippen LogP contribution in [0, 0.1) is 0 Å². The van der Waals surface area contributed by atoms with Crippen molar-refractivity contribution < 1.29 is 17.9 Å². The Hall–Kier alpha value is -1.56. The van der Waals surface area contributed by atoms with Gasteiger partial charge >= 0.3 is 0 Å². The van der Waals surface area contributed by atoms with Gasteiger partial charge in [-0.15, -0.1) is 0 Å². The molecule has 0 amide bonds. The maximum Gasteiger partial charge on any atom is 0.283 e. The second-order valence-electron chi connectivity index (χ2n) is 2.95. The molecule has 0 aliphatic carbocycles. The van der Waals surface area contributed by atoms with Gasteiger partial charge in [0.1, 0.15) is 4.90 Å². The summed E-state index contributed by atoms with van der Waals surface area (Å²) in [6.07, 6.45) is 1.30. The van der Waals surface area contributed by atoms with Crippen LogP contribution in [0.3, 0.4) is 0 Å². The molecule has 1 aromatic rings. The Morgan fingerprint density at radius 1 is 1.13 bits per heavy atom. The molecule has 1 heterocycles. The van der Waals surface area contributed by atoms with Gasteiger partial charge in [-0.2, -0.15) is 12.8 Å². The van der Waals surface area contributed by atoms with Crippen LogP contribution >= 0.6 is 0 Å². The summed E-state index contributed by atoms with van der Waals surface area (Å²) in [4.78, 5) is 0.153. The van der Waals surface area contributed by atoms with E-state index in [1.165, 1.54) is 26.5 Å². The van der Waals surface area contributed by atoms with Crippen LogP contribution in [0.15, 0.2) is 21.4 Å². The van der Waals surface area contributed by atoms with Crippen LogP contribution in [0.25, 0.3) is 0 Å². The van der Waals surface area contributed by atoms with Gasteiger partial charge in [-0.1, -0.05) is 0 Å². The zero-order valence-electron chi connectivity index (χ0n) is 8.22. The van der Waals surface area contributed by atoms with E-state index in [0.717, 1.165) is 0 Å². The summed E-state index contributed by atoms with van der Waals surface area (Å²) >= 11 is 0. The monoisotopic (exact) mass is 227 g/mol. The smallest absolute Gasteiger partial charge is 0.283 e. The first kappa shape index (κ1) is 9.97. The number of ether oxygens (including phenoxy) is 2. The SMILES string of the molecule is COc1cc2c(cc1OC)S(=O)(=O)N=C2. The van der Waals surface area contributed by atoms with E-state index in [1.807, 2.05) is 0 Å². The Morgan fingerprint density at radius 2 is 1.73 bits per heavy atom. The highest BCUT2D eigenvalue weighted by molar-refractivity contribution is 7.90. The lowest BCUT2D eigenvalue weighted by atomic mass is 10.2. The molecule has 15 heavy (non-hydrogen) atoms. The Balaban J connectivity index is 2.69. The van der Waals surface area contributed by atoms with Crippen molar-refractivity contribution in [1.82, 2.24) is 0 Å². The molecule has 1 aromatic carbocycles. The maximum atomic E-state index is 11.4. The van der Waals surface area contributed by atoms with Crippen molar-refractivity contribution in [3.8, 4) is 11.5 Å². The van der Waals surface area contributed by atoms with Crippen LogP contribution in [0.1, 0.15) is 5.56 Å². The number of hydrogen-bond donors (Lipinski definition) is 0. The van der Waals surface area contributed by atoms with E-state index in [4.69, 9.17) is 9.47 Å². The quantitative estimate of drug-likeness (QED) is 0.750. The summed E-state index contributed by atoms with van der Waals surface area (Å²) in [7, 11) is -0.587. The average molecular weight is 227 g/mol. The number of methoxy groups -OCH3 is 2. The molecular formula is C9H9NO4S. The molecule has 80 valence electrons. The van der Waals surface area contributed by atoms with Gasteiger partial charge in [0.15, 0.2) is 11.5 Å². The molecule has 0 saturated carbocycles. The average Bonchev–Trinajstić information content (AvgIpc) is 2.52. The van der Waals surface area contributed by atoms with E-state index in [0.29, 0.717) is 17.1 Å². The predicted octanol–water partition coefficient (Wildman–Crippen LogP) is 0.825. The van der Waals surface area contributed by atoms with Crippen LogP contribution in [0.5, 0.6) is 11.5 Å². The van der Waals surface area contributed by atoms with Gasteiger partial charge in [-0.05, 0) is 6.07 Å². The van der Waals surface area contributed by atoms with E-state index in [1.54, 1.807) is 6.07 Å². The van der Waals surface area contributed by atoms with Crippen LogP contribution in [0.4, 0.5) is 0 Å². The van der Waals surface area contributed by atoms with Gasteiger partial charge in [-0.3, -0.25) is 0 Å². The molecule has 0 unspecified atom stereocenters. The van der Waals surface area contributed by atoms with Crippen LogP contribution in [-0.2, 0) is 10.0 Å². The minimum Gasteiger partial charge on any atom is -0.493 e. The van der Waals surface area contributed by atoms with Gasteiger partial charge in [0.2, 0.25) is 0 Å². The predicted molar refractivity (Wildman–Crippen MR) is 54.3 cm³/mol. The van der Waals surface area contributed by atoms with Gasteiger partial charge in [0, 0.05) is 17.8 Å². The zero-order valence-corrected chi connectivity index (χ0v) is 9.04. The van der Waals surface area contributed by atoms with Crippen molar-refractivity contribution in [2.75, 3.05) is 14.2 Å². The molecule has 0 fully saturated rings. The van der Waals surface area contributed by atoms with Gasteiger partial charge in [-0.25, -0.2) is 0 Å². The second-order valence-corrected chi connectivity index (χ2v) is 4.56. The number of rotatable bonds is 2. The molecule has 0 spiro atoms. The van der Waals surface area contributed by atoms with Crippen molar-refractivity contribution in [1.29, 1.82) is 0 Å². The summed E-state index contributed by atoms with van der Waals surface area (Å²) in [5.41, 5.74) is 0.521. The largest absolute Gasteiger partial charge is 0.493 e. The first-order valence-electron chi connectivity index (χ1n) is 4.15. The molecule has 0 N–H and O–H groups in total. The number of sulfonamides is 1. The Bertz CT molecular complexity index is 533. The minimum atomic E-state index is -3.53. The van der Waals surface area contributed by atoms with Crippen molar-refractivity contribution >= 4 is 16.2 Å². The fourth-order valence-electron chi connectivity index (χ4n) is 1.38. The Labute approximate surface area is 87.4 Å². The summed E-state index contributed by atoms with van der Waals surface area (Å²) < 4.78 is 36.3. The van der Waals surface area contributed by atoms with Crippen LogP contribution in [-0.4, -0.2) is 28.9 Å². The summed E-state index contributed by atoms with van der Waals surface area (Å²) in [5.74, 6) is 0.866. The van der Waals surface area contributed by atoms with Crippen LogP contribution in [0.2, 0.25) is 0 Å². The highest BCUT2D eigenvalue weighted by Gasteiger charge is 2.24. The normalized spacial score (nSPS) is 16.1. The molecule has 0 bridgehead atoms. The molecule has 0 aromatic heterocycles.